The van der Waals surface area contributed by atoms with Crippen LogP contribution in [0.25, 0.3) is 0 Å². The molecule has 0 bridgehead atoms. The van der Waals surface area contributed by atoms with Crippen molar-refractivity contribution in [2.45, 2.75) is 77.5 Å². The van der Waals surface area contributed by atoms with Gasteiger partial charge in [0.1, 0.15) is 5.82 Å². The van der Waals surface area contributed by atoms with Gasteiger partial charge in [-0.05, 0) is 85.6 Å². The van der Waals surface area contributed by atoms with Gasteiger partial charge in [-0.25, -0.2) is 4.39 Å². The Bertz CT molecular complexity index is 1070. The Morgan fingerprint density at radius 2 is 1.94 bits per heavy atom. The number of hydrogen-bond acceptors (Lipinski definition) is 4. The van der Waals surface area contributed by atoms with E-state index in [1.807, 2.05) is 19.1 Å². The molecular formula is C28H36FN3O3. The minimum Gasteiger partial charge on any atom is -0.390 e. The van der Waals surface area contributed by atoms with Gasteiger partial charge in [0.15, 0.2) is 0 Å². The third-order valence-corrected chi connectivity index (χ3v) is 8.26. The van der Waals surface area contributed by atoms with Crippen molar-refractivity contribution in [2.24, 2.45) is 16.7 Å². The quantitative estimate of drug-likeness (QED) is 0.547. The molecule has 6 nitrogen and oxygen atoms in total. The number of carbonyl (C=O) groups is 2. The molecule has 7 heteroatoms. The van der Waals surface area contributed by atoms with Crippen LogP contribution in [0, 0.1) is 22.6 Å². The van der Waals surface area contributed by atoms with E-state index in [1.54, 1.807) is 18.5 Å². The van der Waals surface area contributed by atoms with Gasteiger partial charge in [-0.15, -0.1) is 0 Å². The number of hydrogen-bond donors (Lipinski definition) is 3. The number of carbonyl (C=O) groups excluding carboxylic acids is 2. The van der Waals surface area contributed by atoms with Crippen molar-refractivity contribution in [3.05, 3.63) is 65.7 Å². The van der Waals surface area contributed by atoms with Crippen LogP contribution in [0.15, 0.2) is 48.8 Å². The summed E-state index contributed by atoms with van der Waals surface area (Å²) in [7, 11) is 0. The fourth-order valence-electron chi connectivity index (χ4n) is 6.44. The number of aromatic nitrogens is 1. The van der Waals surface area contributed by atoms with Crippen molar-refractivity contribution in [1.29, 1.82) is 0 Å². The normalized spacial score (nSPS) is 29.3. The van der Waals surface area contributed by atoms with Crippen molar-refractivity contribution in [2.75, 3.05) is 0 Å². The molecule has 2 saturated carbocycles. The van der Waals surface area contributed by atoms with Crippen molar-refractivity contribution < 1.29 is 19.1 Å². The zero-order valence-electron chi connectivity index (χ0n) is 20.8. The molecule has 2 aliphatic rings. The summed E-state index contributed by atoms with van der Waals surface area (Å²) in [6.45, 7) is 6.67. The molecule has 2 aromatic rings. The molecule has 2 aliphatic carbocycles. The SMILES string of the molecule is CC1(C)C[C@H](NC(=O)c2cccc(F)c2)[C@]2(CCC(=O)NCc3cccnc3)CC[C@@](C)(O)C[C@@H]12. The fraction of sp³-hybridized carbons (Fsp3) is 0.536. The molecule has 0 unspecified atom stereocenters. The third-order valence-electron chi connectivity index (χ3n) is 8.26. The summed E-state index contributed by atoms with van der Waals surface area (Å²) >= 11 is 0. The summed E-state index contributed by atoms with van der Waals surface area (Å²) in [5.41, 5.74) is 0.0121. The summed E-state index contributed by atoms with van der Waals surface area (Å²) in [6, 6.07) is 9.30. The van der Waals surface area contributed by atoms with E-state index in [4.69, 9.17) is 0 Å². The first-order valence-electron chi connectivity index (χ1n) is 12.5. The number of nitrogens with one attached hydrogen (secondary N) is 2. The zero-order chi connectivity index (χ0) is 25.3. The minimum atomic E-state index is -0.768. The third kappa shape index (κ3) is 5.56. The Labute approximate surface area is 206 Å². The number of aliphatic hydroxyl groups is 1. The van der Waals surface area contributed by atoms with E-state index in [1.165, 1.54) is 18.2 Å². The highest BCUT2D eigenvalue weighted by Crippen LogP contribution is 2.63. The molecule has 3 N–H and O–H groups in total. The van der Waals surface area contributed by atoms with Crippen molar-refractivity contribution in [3.8, 4) is 0 Å². The van der Waals surface area contributed by atoms with Crippen LogP contribution in [0.1, 0.15) is 75.2 Å². The molecule has 1 heterocycles. The smallest absolute Gasteiger partial charge is 0.251 e. The van der Waals surface area contributed by atoms with E-state index < -0.39 is 11.4 Å². The Morgan fingerprint density at radius 3 is 2.66 bits per heavy atom. The number of amides is 2. The summed E-state index contributed by atoms with van der Waals surface area (Å²) in [6.07, 6.45) is 7.08. The maximum Gasteiger partial charge on any atom is 0.251 e. The second kappa shape index (κ2) is 9.69. The molecule has 0 saturated heterocycles. The summed E-state index contributed by atoms with van der Waals surface area (Å²) in [5.74, 6) is -0.651. The number of nitrogens with zero attached hydrogens (tertiary/aromatic N) is 1. The lowest BCUT2D eigenvalue weighted by molar-refractivity contribution is -0.123. The van der Waals surface area contributed by atoms with Crippen molar-refractivity contribution in [3.63, 3.8) is 0 Å². The van der Waals surface area contributed by atoms with Crippen LogP contribution >= 0.6 is 0 Å². The van der Waals surface area contributed by atoms with E-state index in [0.717, 1.165) is 18.4 Å². The maximum absolute atomic E-state index is 13.7. The molecule has 4 atom stereocenters. The number of rotatable bonds is 7. The number of halogens is 1. The Hall–Kier alpha value is -2.80. The lowest BCUT2D eigenvalue weighted by atomic mass is 9.57. The fourth-order valence-corrected chi connectivity index (χ4v) is 6.44. The van der Waals surface area contributed by atoms with Gasteiger partial charge < -0.3 is 15.7 Å². The lowest BCUT2D eigenvalue weighted by Crippen LogP contribution is -2.52. The molecule has 2 fully saturated rings. The average molecular weight is 482 g/mol. The second-order valence-electron chi connectivity index (χ2n) is 11.4. The molecule has 2 amide bonds. The summed E-state index contributed by atoms with van der Waals surface area (Å²) in [4.78, 5) is 30.0. The summed E-state index contributed by atoms with van der Waals surface area (Å²) < 4.78 is 13.7. The molecule has 0 radical (unpaired) electrons. The largest absolute Gasteiger partial charge is 0.390 e. The van der Waals surface area contributed by atoms with E-state index in [-0.39, 0.29) is 34.6 Å². The number of pyridine rings is 1. The van der Waals surface area contributed by atoms with Crippen LogP contribution < -0.4 is 10.6 Å². The van der Waals surface area contributed by atoms with E-state index in [2.05, 4.69) is 29.5 Å². The highest BCUT2D eigenvalue weighted by atomic mass is 19.1. The van der Waals surface area contributed by atoms with Crippen LogP contribution in [-0.4, -0.2) is 33.5 Å². The summed E-state index contributed by atoms with van der Waals surface area (Å²) in [5, 5.41) is 17.1. The Kier molecular flexibility index (Phi) is 7.00. The first kappa shape index (κ1) is 25.3. The van der Waals surface area contributed by atoms with Gasteiger partial charge in [-0.3, -0.25) is 14.6 Å². The highest BCUT2D eigenvalue weighted by Gasteiger charge is 2.61. The van der Waals surface area contributed by atoms with Crippen LogP contribution in [0.2, 0.25) is 0 Å². The number of benzene rings is 1. The maximum atomic E-state index is 13.7. The molecule has 188 valence electrons. The molecule has 1 aromatic heterocycles. The molecule has 0 aliphatic heterocycles. The van der Waals surface area contributed by atoms with Gasteiger partial charge in [0.2, 0.25) is 5.91 Å². The average Bonchev–Trinajstić information content (AvgIpc) is 3.02. The highest BCUT2D eigenvalue weighted by molar-refractivity contribution is 5.94. The first-order valence-corrected chi connectivity index (χ1v) is 12.5. The molecule has 0 spiro atoms. The van der Waals surface area contributed by atoms with Gasteiger partial charge in [0, 0.05) is 37.0 Å². The van der Waals surface area contributed by atoms with Gasteiger partial charge in [0.25, 0.3) is 5.91 Å². The van der Waals surface area contributed by atoms with Crippen molar-refractivity contribution in [1.82, 2.24) is 15.6 Å². The number of fused-ring (bicyclic) bond motifs is 1. The van der Waals surface area contributed by atoms with Crippen LogP contribution in [0.5, 0.6) is 0 Å². The molecule has 1 aromatic carbocycles. The van der Waals surface area contributed by atoms with E-state index in [0.29, 0.717) is 37.8 Å². The van der Waals surface area contributed by atoms with Crippen molar-refractivity contribution >= 4 is 11.8 Å². The van der Waals surface area contributed by atoms with Crippen LogP contribution in [0.3, 0.4) is 0 Å². The Balaban J connectivity index is 1.53. The lowest BCUT2D eigenvalue weighted by Gasteiger charge is -2.50. The second-order valence-corrected chi connectivity index (χ2v) is 11.4. The standard InChI is InChI=1S/C28H36FN3O3/c1-26(2)16-23(32-25(34)20-7-4-8-21(29)14-20)28(12-11-27(3,35)15-22(26)28)10-9-24(33)31-18-19-6-5-13-30-17-19/h4-8,13-14,17,22-23,35H,9-12,15-16,18H2,1-3H3,(H,31,33)(H,32,34)/t22-,23-,27+,28+/m0/s1. The van der Waals surface area contributed by atoms with Crippen LogP contribution in [-0.2, 0) is 11.3 Å². The van der Waals surface area contributed by atoms with Gasteiger partial charge in [-0.2, -0.15) is 0 Å². The predicted octanol–water partition coefficient (Wildman–Crippen LogP) is 4.38. The van der Waals surface area contributed by atoms with Gasteiger partial charge in [-0.1, -0.05) is 26.0 Å². The Morgan fingerprint density at radius 1 is 1.14 bits per heavy atom. The first-order chi connectivity index (χ1) is 16.5. The van der Waals surface area contributed by atoms with Gasteiger partial charge >= 0.3 is 0 Å². The molecular weight excluding hydrogens is 445 g/mol. The topological polar surface area (TPSA) is 91.3 Å². The monoisotopic (exact) mass is 481 g/mol. The predicted molar refractivity (Wildman–Crippen MR) is 132 cm³/mol. The van der Waals surface area contributed by atoms with Gasteiger partial charge in [0.05, 0.1) is 5.60 Å². The zero-order valence-corrected chi connectivity index (χ0v) is 20.8. The van der Waals surface area contributed by atoms with Crippen LogP contribution in [0.4, 0.5) is 4.39 Å². The molecule has 4 rings (SSSR count). The van der Waals surface area contributed by atoms with E-state index >= 15 is 0 Å². The molecule has 35 heavy (non-hydrogen) atoms. The van der Waals surface area contributed by atoms with E-state index in [9.17, 15) is 19.1 Å². The minimum absolute atomic E-state index is 0.0424.